The molecule has 1 aromatic carbocycles. The average molecular weight is 219 g/mol. The van der Waals surface area contributed by atoms with Crippen LogP contribution in [0, 0.1) is 5.82 Å². The highest BCUT2D eigenvalue weighted by molar-refractivity contribution is 9.10. The number of hydrogen-bond acceptors (Lipinski definition) is 2. The first-order valence-corrected chi connectivity index (χ1v) is 3.71. The van der Waals surface area contributed by atoms with Crippen molar-refractivity contribution in [2.45, 2.75) is 0 Å². The highest BCUT2D eigenvalue weighted by Crippen LogP contribution is 2.12. The first-order valence-electron chi connectivity index (χ1n) is 2.92. The maximum Gasteiger partial charge on any atom is 0.488 e. The lowest BCUT2D eigenvalue weighted by Gasteiger charge is -1.99. The third kappa shape index (κ3) is 2.02. The molecule has 0 aliphatic rings. The van der Waals surface area contributed by atoms with Gasteiger partial charge in [-0.2, -0.15) is 0 Å². The highest BCUT2D eigenvalue weighted by atomic mass is 79.9. The predicted octanol–water partition coefficient (Wildman–Crippen LogP) is 0.268. The molecule has 0 saturated heterocycles. The predicted molar refractivity (Wildman–Crippen MR) is 43.9 cm³/mol. The minimum absolute atomic E-state index is 0.144. The van der Waals surface area contributed by atoms with Crippen LogP contribution in [0.5, 0.6) is 0 Å². The molecule has 0 atom stereocenters. The summed E-state index contributed by atoms with van der Waals surface area (Å²) in [5.74, 6) is -0.504. The molecular weight excluding hydrogens is 214 g/mol. The number of hydrogen-bond donors (Lipinski definition) is 2. The zero-order valence-corrected chi connectivity index (χ0v) is 7.05. The van der Waals surface area contributed by atoms with E-state index in [2.05, 4.69) is 15.9 Å². The van der Waals surface area contributed by atoms with Gasteiger partial charge < -0.3 is 10.0 Å². The maximum atomic E-state index is 12.7. The van der Waals surface area contributed by atoms with E-state index in [0.717, 1.165) is 6.07 Å². The Morgan fingerprint density at radius 2 is 2.00 bits per heavy atom. The molecule has 0 radical (unpaired) electrons. The van der Waals surface area contributed by atoms with Gasteiger partial charge in [0, 0.05) is 0 Å². The molecular formula is C6H5BBrFO2. The Hall–Kier alpha value is -0.385. The smallest absolute Gasteiger partial charge is 0.423 e. The molecule has 0 aliphatic carbocycles. The molecule has 0 heterocycles. The molecule has 0 fully saturated rings. The fraction of sp³-hybridized carbons (Fsp3) is 0. The second-order valence-electron chi connectivity index (χ2n) is 2.05. The van der Waals surface area contributed by atoms with Crippen molar-refractivity contribution in [2.24, 2.45) is 0 Å². The van der Waals surface area contributed by atoms with Crippen LogP contribution in [0.3, 0.4) is 0 Å². The van der Waals surface area contributed by atoms with E-state index in [9.17, 15) is 4.39 Å². The summed E-state index contributed by atoms with van der Waals surface area (Å²) in [6.45, 7) is 0. The standard InChI is InChI=1S/C6H5BBrFO2/c8-5-2-1-4(7(10)11)3-6(5)9/h1-3,10-11H. The van der Waals surface area contributed by atoms with Gasteiger partial charge in [0.1, 0.15) is 5.82 Å². The van der Waals surface area contributed by atoms with Crippen LogP contribution in [-0.2, 0) is 0 Å². The Balaban J connectivity index is 3.05. The summed E-state index contributed by atoms with van der Waals surface area (Å²) in [7, 11) is -1.61. The van der Waals surface area contributed by atoms with E-state index in [-0.39, 0.29) is 5.46 Å². The molecule has 0 saturated carbocycles. The van der Waals surface area contributed by atoms with E-state index in [1.807, 2.05) is 0 Å². The van der Waals surface area contributed by atoms with Gasteiger partial charge in [0.15, 0.2) is 0 Å². The van der Waals surface area contributed by atoms with E-state index >= 15 is 0 Å². The molecule has 0 aliphatic heterocycles. The summed E-state index contributed by atoms with van der Waals surface area (Å²) >= 11 is 2.94. The number of halogens is 2. The van der Waals surface area contributed by atoms with Crippen molar-refractivity contribution in [2.75, 3.05) is 0 Å². The molecule has 2 N–H and O–H groups in total. The van der Waals surface area contributed by atoms with Gasteiger partial charge in [0.2, 0.25) is 0 Å². The molecule has 0 aromatic heterocycles. The minimum Gasteiger partial charge on any atom is -0.423 e. The van der Waals surface area contributed by atoms with Gasteiger partial charge in [0.25, 0.3) is 0 Å². The van der Waals surface area contributed by atoms with Gasteiger partial charge in [-0.05, 0) is 33.5 Å². The SMILES string of the molecule is OB(O)c1ccc(Br)c(F)c1. The Morgan fingerprint density at radius 3 is 2.45 bits per heavy atom. The Labute approximate surface area is 71.9 Å². The van der Waals surface area contributed by atoms with Gasteiger partial charge in [-0.3, -0.25) is 0 Å². The summed E-state index contributed by atoms with van der Waals surface area (Å²) in [6, 6.07) is 3.91. The van der Waals surface area contributed by atoms with Crippen molar-refractivity contribution >= 4 is 28.5 Å². The molecule has 58 valence electrons. The summed E-state index contributed by atoms with van der Waals surface area (Å²) in [6.07, 6.45) is 0. The largest absolute Gasteiger partial charge is 0.488 e. The van der Waals surface area contributed by atoms with Gasteiger partial charge in [-0.25, -0.2) is 4.39 Å². The average Bonchev–Trinajstić information content (AvgIpc) is 1.94. The minimum atomic E-state index is -1.61. The van der Waals surface area contributed by atoms with Gasteiger partial charge in [-0.15, -0.1) is 0 Å². The molecule has 1 rings (SSSR count). The zero-order chi connectivity index (χ0) is 8.43. The summed E-state index contributed by atoms with van der Waals surface area (Å²) < 4.78 is 13.0. The van der Waals surface area contributed by atoms with Crippen LogP contribution in [0.15, 0.2) is 22.7 Å². The first kappa shape index (κ1) is 8.71. The van der Waals surface area contributed by atoms with E-state index in [0.29, 0.717) is 4.47 Å². The highest BCUT2D eigenvalue weighted by Gasteiger charge is 2.11. The Bertz CT molecular complexity index is 267. The zero-order valence-electron chi connectivity index (χ0n) is 5.46. The van der Waals surface area contributed by atoms with Gasteiger partial charge >= 0.3 is 7.12 Å². The second-order valence-corrected chi connectivity index (χ2v) is 2.90. The first-order chi connectivity index (χ1) is 5.11. The topological polar surface area (TPSA) is 40.5 Å². The maximum absolute atomic E-state index is 12.7. The molecule has 0 unspecified atom stereocenters. The van der Waals surface area contributed by atoms with Crippen LogP contribution in [0.2, 0.25) is 0 Å². The van der Waals surface area contributed by atoms with E-state index in [1.165, 1.54) is 12.1 Å². The van der Waals surface area contributed by atoms with Crippen LogP contribution in [0.1, 0.15) is 0 Å². The van der Waals surface area contributed by atoms with Crippen LogP contribution < -0.4 is 5.46 Å². The fourth-order valence-corrected chi connectivity index (χ4v) is 0.920. The van der Waals surface area contributed by atoms with E-state index in [4.69, 9.17) is 10.0 Å². The van der Waals surface area contributed by atoms with Crippen molar-refractivity contribution in [3.63, 3.8) is 0 Å². The molecule has 5 heteroatoms. The molecule has 2 nitrogen and oxygen atoms in total. The third-order valence-corrected chi connectivity index (χ3v) is 1.88. The second kappa shape index (κ2) is 3.34. The van der Waals surface area contributed by atoms with Gasteiger partial charge in [-0.1, -0.05) is 6.07 Å². The lowest BCUT2D eigenvalue weighted by molar-refractivity contribution is 0.425. The Kier molecular flexibility index (Phi) is 2.65. The van der Waals surface area contributed by atoms with Crippen molar-refractivity contribution in [3.8, 4) is 0 Å². The molecule has 0 amide bonds. The van der Waals surface area contributed by atoms with Crippen LogP contribution in [-0.4, -0.2) is 17.2 Å². The number of rotatable bonds is 1. The molecule has 0 bridgehead atoms. The third-order valence-electron chi connectivity index (χ3n) is 1.24. The Morgan fingerprint density at radius 1 is 1.36 bits per heavy atom. The molecule has 0 spiro atoms. The van der Waals surface area contributed by atoms with Crippen molar-refractivity contribution in [1.82, 2.24) is 0 Å². The van der Waals surface area contributed by atoms with Crippen molar-refractivity contribution in [3.05, 3.63) is 28.5 Å². The summed E-state index contributed by atoms with van der Waals surface area (Å²) in [5.41, 5.74) is 0.144. The van der Waals surface area contributed by atoms with Gasteiger partial charge in [0.05, 0.1) is 4.47 Å². The molecule has 11 heavy (non-hydrogen) atoms. The van der Waals surface area contributed by atoms with E-state index in [1.54, 1.807) is 0 Å². The molecule has 1 aromatic rings. The lowest BCUT2D eigenvalue weighted by atomic mass is 9.80. The fourth-order valence-electron chi connectivity index (χ4n) is 0.673. The van der Waals surface area contributed by atoms with Crippen LogP contribution >= 0.6 is 15.9 Å². The normalized spacial score (nSPS) is 9.82. The monoisotopic (exact) mass is 218 g/mol. The van der Waals surface area contributed by atoms with Crippen molar-refractivity contribution in [1.29, 1.82) is 0 Å². The number of benzene rings is 1. The van der Waals surface area contributed by atoms with Crippen molar-refractivity contribution < 1.29 is 14.4 Å². The summed E-state index contributed by atoms with van der Waals surface area (Å²) in [5, 5.41) is 17.2. The lowest BCUT2D eigenvalue weighted by Crippen LogP contribution is -2.29. The van der Waals surface area contributed by atoms with E-state index < -0.39 is 12.9 Å². The quantitative estimate of drug-likeness (QED) is 0.665. The summed E-state index contributed by atoms with van der Waals surface area (Å²) in [4.78, 5) is 0. The van der Waals surface area contributed by atoms with Crippen LogP contribution in [0.25, 0.3) is 0 Å². The van der Waals surface area contributed by atoms with Crippen LogP contribution in [0.4, 0.5) is 4.39 Å².